The largest absolute Gasteiger partial charge is 0.497 e. The summed E-state index contributed by atoms with van der Waals surface area (Å²) in [5, 5.41) is 5.28. The number of amides is 2. The Balaban J connectivity index is 1.82. The second-order valence-corrected chi connectivity index (χ2v) is 5.67. The van der Waals surface area contributed by atoms with E-state index in [4.69, 9.17) is 9.47 Å². The zero-order valence-corrected chi connectivity index (χ0v) is 15.3. The summed E-state index contributed by atoms with van der Waals surface area (Å²) in [4.78, 5) is 35.6. The summed E-state index contributed by atoms with van der Waals surface area (Å²) in [7, 11) is 1.56. The molecule has 2 aromatic rings. The lowest BCUT2D eigenvalue weighted by atomic mass is 10.1. The maximum absolute atomic E-state index is 12.0. The molecule has 0 bridgehead atoms. The van der Waals surface area contributed by atoms with Crippen molar-refractivity contribution in [2.75, 3.05) is 25.6 Å². The van der Waals surface area contributed by atoms with Crippen LogP contribution in [0.1, 0.15) is 22.8 Å². The Labute approximate surface area is 157 Å². The highest BCUT2D eigenvalue weighted by Gasteiger charge is 2.10. The third-order valence-corrected chi connectivity index (χ3v) is 3.62. The monoisotopic (exact) mass is 370 g/mol. The second kappa shape index (κ2) is 9.96. The van der Waals surface area contributed by atoms with Crippen LogP contribution in [0.25, 0.3) is 0 Å². The molecule has 0 saturated carbocycles. The van der Waals surface area contributed by atoms with Gasteiger partial charge >= 0.3 is 5.97 Å². The fourth-order valence-corrected chi connectivity index (χ4v) is 2.31. The SMILES string of the molecule is CCNC(=O)c1cccc(NC(=O)COC(=O)Cc2ccc(OC)cc2)c1. The molecule has 0 fully saturated rings. The van der Waals surface area contributed by atoms with Crippen LogP contribution < -0.4 is 15.4 Å². The normalized spacial score (nSPS) is 10.0. The average molecular weight is 370 g/mol. The number of hydrogen-bond acceptors (Lipinski definition) is 5. The van der Waals surface area contributed by atoms with E-state index in [9.17, 15) is 14.4 Å². The lowest BCUT2D eigenvalue weighted by molar-refractivity contribution is -0.146. The molecule has 0 unspecified atom stereocenters. The van der Waals surface area contributed by atoms with Gasteiger partial charge in [0, 0.05) is 17.8 Å². The number of rotatable bonds is 8. The first-order chi connectivity index (χ1) is 13.0. The summed E-state index contributed by atoms with van der Waals surface area (Å²) in [6, 6.07) is 13.5. The summed E-state index contributed by atoms with van der Waals surface area (Å²) < 4.78 is 10.0. The molecule has 2 rings (SSSR count). The van der Waals surface area contributed by atoms with Crippen LogP contribution in [-0.4, -0.2) is 38.0 Å². The summed E-state index contributed by atoms with van der Waals surface area (Å²) in [6.07, 6.45) is 0.0595. The highest BCUT2D eigenvalue weighted by atomic mass is 16.5. The van der Waals surface area contributed by atoms with E-state index in [1.54, 1.807) is 55.6 Å². The molecule has 0 heterocycles. The van der Waals surface area contributed by atoms with E-state index in [-0.39, 0.29) is 12.3 Å². The maximum Gasteiger partial charge on any atom is 0.310 e. The van der Waals surface area contributed by atoms with E-state index >= 15 is 0 Å². The average Bonchev–Trinajstić information content (AvgIpc) is 2.67. The predicted octanol–water partition coefficient (Wildman–Crippen LogP) is 2.17. The molecule has 0 radical (unpaired) electrons. The molecular formula is C20H22N2O5. The Hall–Kier alpha value is -3.35. The predicted molar refractivity (Wildman–Crippen MR) is 101 cm³/mol. The summed E-state index contributed by atoms with van der Waals surface area (Å²) in [5.41, 5.74) is 1.65. The molecule has 27 heavy (non-hydrogen) atoms. The Bertz CT molecular complexity index is 802. The van der Waals surface area contributed by atoms with E-state index < -0.39 is 18.5 Å². The third kappa shape index (κ3) is 6.47. The summed E-state index contributed by atoms with van der Waals surface area (Å²) >= 11 is 0. The topological polar surface area (TPSA) is 93.7 Å². The Morgan fingerprint density at radius 3 is 2.44 bits per heavy atom. The lowest BCUT2D eigenvalue weighted by Gasteiger charge is -2.08. The standard InChI is InChI=1S/C20H22N2O5/c1-3-21-20(25)15-5-4-6-16(12-15)22-18(23)13-27-19(24)11-14-7-9-17(26-2)10-8-14/h4-10,12H,3,11,13H2,1-2H3,(H,21,25)(H,22,23). The number of hydrogen-bond donors (Lipinski definition) is 2. The van der Waals surface area contributed by atoms with Crippen LogP contribution >= 0.6 is 0 Å². The number of carbonyl (C=O) groups excluding carboxylic acids is 3. The van der Waals surface area contributed by atoms with Crippen molar-refractivity contribution >= 4 is 23.5 Å². The van der Waals surface area contributed by atoms with Gasteiger partial charge < -0.3 is 20.1 Å². The van der Waals surface area contributed by atoms with Crippen molar-refractivity contribution < 1.29 is 23.9 Å². The molecule has 0 atom stereocenters. The summed E-state index contributed by atoms with van der Waals surface area (Å²) in [5.74, 6) is -0.515. The molecule has 2 aromatic carbocycles. The first-order valence-electron chi connectivity index (χ1n) is 8.48. The number of nitrogens with one attached hydrogen (secondary N) is 2. The smallest absolute Gasteiger partial charge is 0.310 e. The molecule has 0 aliphatic rings. The van der Waals surface area contributed by atoms with Gasteiger partial charge in [-0.25, -0.2) is 0 Å². The highest BCUT2D eigenvalue weighted by Crippen LogP contribution is 2.12. The van der Waals surface area contributed by atoms with Gasteiger partial charge in [0.15, 0.2) is 6.61 Å². The summed E-state index contributed by atoms with van der Waals surface area (Å²) in [6.45, 7) is 1.93. The minimum absolute atomic E-state index is 0.0595. The Morgan fingerprint density at radius 1 is 1.04 bits per heavy atom. The lowest BCUT2D eigenvalue weighted by Crippen LogP contribution is -2.24. The van der Waals surface area contributed by atoms with Crippen LogP contribution in [0.15, 0.2) is 48.5 Å². The van der Waals surface area contributed by atoms with Crippen molar-refractivity contribution in [3.63, 3.8) is 0 Å². The van der Waals surface area contributed by atoms with Gasteiger partial charge in [0.05, 0.1) is 13.5 Å². The third-order valence-electron chi connectivity index (χ3n) is 3.62. The molecule has 0 spiro atoms. The fourth-order valence-electron chi connectivity index (χ4n) is 2.31. The van der Waals surface area contributed by atoms with Crippen LogP contribution in [-0.2, 0) is 20.7 Å². The number of esters is 1. The molecule has 7 heteroatoms. The number of benzene rings is 2. The molecule has 7 nitrogen and oxygen atoms in total. The van der Waals surface area contributed by atoms with Crippen LogP contribution in [0, 0.1) is 0 Å². The zero-order chi connectivity index (χ0) is 19.6. The second-order valence-electron chi connectivity index (χ2n) is 5.67. The van der Waals surface area contributed by atoms with Gasteiger partial charge in [-0.3, -0.25) is 14.4 Å². The minimum atomic E-state index is -0.508. The Morgan fingerprint density at radius 2 is 1.78 bits per heavy atom. The van der Waals surface area contributed by atoms with Crippen molar-refractivity contribution in [1.29, 1.82) is 0 Å². The quantitative estimate of drug-likeness (QED) is 0.695. The van der Waals surface area contributed by atoms with Gasteiger partial charge in [-0.15, -0.1) is 0 Å². The molecule has 142 valence electrons. The Kier molecular flexibility index (Phi) is 7.37. The molecular weight excluding hydrogens is 348 g/mol. The van der Waals surface area contributed by atoms with Gasteiger partial charge in [-0.2, -0.15) is 0 Å². The van der Waals surface area contributed by atoms with Crippen molar-refractivity contribution in [3.8, 4) is 5.75 Å². The minimum Gasteiger partial charge on any atom is -0.497 e. The number of carbonyl (C=O) groups is 3. The van der Waals surface area contributed by atoms with Crippen LogP contribution in [0.2, 0.25) is 0 Å². The fraction of sp³-hybridized carbons (Fsp3) is 0.250. The van der Waals surface area contributed by atoms with Crippen LogP contribution in [0.4, 0.5) is 5.69 Å². The van der Waals surface area contributed by atoms with Gasteiger partial charge in [0.2, 0.25) is 0 Å². The molecule has 2 amide bonds. The maximum atomic E-state index is 12.0. The molecule has 0 saturated heterocycles. The number of ether oxygens (including phenoxy) is 2. The van der Waals surface area contributed by atoms with E-state index in [0.29, 0.717) is 23.5 Å². The van der Waals surface area contributed by atoms with Crippen molar-refractivity contribution in [1.82, 2.24) is 5.32 Å². The van der Waals surface area contributed by atoms with Crippen LogP contribution in [0.5, 0.6) is 5.75 Å². The van der Waals surface area contributed by atoms with E-state index in [2.05, 4.69) is 10.6 Å². The van der Waals surface area contributed by atoms with Crippen molar-refractivity contribution in [2.24, 2.45) is 0 Å². The van der Waals surface area contributed by atoms with Crippen LogP contribution in [0.3, 0.4) is 0 Å². The van der Waals surface area contributed by atoms with E-state index in [1.165, 1.54) is 0 Å². The molecule has 0 aliphatic heterocycles. The van der Waals surface area contributed by atoms with Crippen molar-refractivity contribution in [2.45, 2.75) is 13.3 Å². The first kappa shape index (κ1) is 20.0. The van der Waals surface area contributed by atoms with E-state index in [1.807, 2.05) is 6.92 Å². The first-order valence-corrected chi connectivity index (χ1v) is 8.48. The van der Waals surface area contributed by atoms with Gasteiger partial charge in [0.25, 0.3) is 11.8 Å². The van der Waals surface area contributed by atoms with E-state index in [0.717, 1.165) is 5.56 Å². The van der Waals surface area contributed by atoms with Gasteiger partial charge in [-0.1, -0.05) is 18.2 Å². The van der Waals surface area contributed by atoms with Gasteiger partial charge in [0.1, 0.15) is 5.75 Å². The highest BCUT2D eigenvalue weighted by molar-refractivity contribution is 5.97. The van der Waals surface area contributed by atoms with Gasteiger partial charge in [-0.05, 0) is 42.8 Å². The van der Waals surface area contributed by atoms with Crippen molar-refractivity contribution in [3.05, 3.63) is 59.7 Å². The zero-order valence-electron chi connectivity index (χ0n) is 15.3. The number of methoxy groups -OCH3 is 1. The molecule has 2 N–H and O–H groups in total. The molecule has 0 aromatic heterocycles. The number of anilines is 1. The molecule has 0 aliphatic carbocycles.